The maximum Gasteiger partial charge on any atom is 0.135 e. The molecule has 0 atom stereocenters. The van der Waals surface area contributed by atoms with Crippen molar-refractivity contribution in [1.82, 2.24) is 14.8 Å². The van der Waals surface area contributed by atoms with Gasteiger partial charge in [0.25, 0.3) is 0 Å². The highest BCUT2D eigenvalue weighted by molar-refractivity contribution is 7.19. The van der Waals surface area contributed by atoms with Crippen LogP contribution < -0.4 is 0 Å². The SMILES string of the molecule is N#C/C(=C\c1ccc(-n2nc(-c3ccccc3)cc2-c2ccccc2)cc1)c1nc2ccccc2s1. The van der Waals surface area contributed by atoms with Crippen LogP contribution in [0.5, 0.6) is 0 Å². The Hall–Kier alpha value is -4.79. The molecule has 0 radical (unpaired) electrons. The van der Waals surface area contributed by atoms with Gasteiger partial charge in [-0.05, 0) is 42.0 Å². The van der Waals surface area contributed by atoms with Gasteiger partial charge in [-0.25, -0.2) is 9.67 Å². The van der Waals surface area contributed by atoms with Crippen LogP contribution in [-0.2, 0) is 0 Å². The monoisotopic (exact) mass is 480 g/mol. The minimum atomic E-state index is 0.555. The predicted octanol–water partition coefficient (Wildman–Crippen LogP) is 7.88. The molecule has 0 aliphatic heterocycles. The molecule has 6 aromatic rings. The van der Waals surface area contributed by atoms with E-state index >= 15 is 0 Å². The largest absolute Gasteiger partial charge is 0.235 e. The summed E-state index contributed by atoms with van der Waals surface area (Å²) in [6.45, 7) is 0. The summed E-state index contributed by atoms with van der Waals surface area (Å²) in [6.07, 6.45) is 1.89. The van der Waals surface area contributed by atoms with Crippen molar-refractivity contribution in [1.29, 1.82) is 5.26 Å². The summed E-state index contributed by atoms with van der Waals surface area (Å²) in [4.78, 5) is 4.64. The molecular weight excluding hydrogens is 460 g/mol. The number of hydrogen-bond acceptors (Lipinski definition) is 4. The average molecular weight is 481 g/mol. The van der Waals surface area contributed by atoms with E-state index in [2.05, 4.69) is 41.4 Å². The molecule has 0 fully saturated rings. The molecule has 0 amide bonds. The molecule has 36 heavy (non-hydrogen) atoms. The van der Waals surface area contributed by atoms with Crippen LogP contribution in [0.1, 0.15) is 10.6 Å². The second-order valence-electron chi connectivity index (χ2n) is 8.31. The highest BCUT2D eigenvalue weighted by Gasteiger charge is 2.13. The molecule has 0 aliphatic carbocycles. The van der Waals surface area contributed by atoms with Crippen molar-refractivity contribution in [3.8, 4) is 34.3 Å². The average Bonchev–Trinajstić information content (AvgIpc) is 3.58. The van der Waals surface area contributed by atoms with Gasteiger partial charge < -0.3 is 0 Å². The second kappa shape index (κ2) is 9.46. The number of para-hydroxylation sites is 1. The highest BCUT2D eigenvalue weighted by Crippen LogP contribution is 2.30. The number of benzene rings is 4. The van der Waals surface area contributed by atoms with Crippen LogP contribution in [0.3, 0.4) is 0 Å². The van der Waals surface area contributed by atoms with Gasteiger partial charge in [-0.2, -0.15) is 10.4 Å². The summed E-state index contributed by atoms with van der Waals surface area (Å²) < 4.78 is 3.05. The third-order valence-electron chi connectivity index (χ3n) is 5.94. The minimum absolute atomic E-state index is 0.555. The summed E-state index contributed by atoms with van der Waals surface area (Å²) in [5.74, 6) is 0. The van der Waals surface area contributed by atoms with Crippen LogP contribution in [0.25, 0.3) is 50.1 Å². The molecule has 0 N–H and O–H groups in total. The summed E-state index contributed by atoms with van der Waals surface area (Å²) >= 11 is 1.53. The molecular formula is C31H20N4S. The Morgan fingerprint density at radius 2 is 1.44 bits per heavy atom. The van der Waals surface area contributed by atoms with Gasteiger partial charge in [0.15, 0.2) is 0 Å². The molecule has 5 heteroatoms. The number of rotatable bonds is 5. The highest BCUT2D eigenvalue weighted by atomic mass is 32.1. The quantitative estimate of drug-likeness (QED) is 0.236. The molecule has 0 aliphatic rings. The van der Waals surface area contributed by atoms with Crippen LogP contribution >= 0.6 is 11.3 Å². The number of fused-ring (bicyclic) bond motifs is 1. The normalized spacial score (nSPS) is 11.5. The zero-order chi connectivity index (χ0) is 24.3. The number of allylic oxidation sites excluding steroid dienone is 1. The van der Waals surface area contributed by atoms with Crippen LogP contribution in [0.2, 0.25) is 0 Å². The molecule has 6 rings (SSSR count). The lowest BCUT2D eigenvalue weighted by Crippen LogP contribution is -1.99. The first kappa shape index (κ1) is 21.7. The first-order valence-electron chi connectivity index (χ1n) is 11.6. The molecule has 2 aromatic heterocycles. The van der Waals surface area contributed by atoms with E-state index in [-0.39, 0.29) is 0 Å². The molecule has 0 unspecified atom stereocenters. The van der Waals surface area contributed by atoms with E-state index in [0.29, 0.717) is 5.57 Å². The Balaban J connectivity index is 1.38. The van der Waals surface area contributed by atoms with Gasteiger partial charge in [0, 0.05) is 11.1 Å². The van der Waals surface area contributed by atoms with Crippen molar-refractivity contribution in [2.45, 2.75) is 0 Å². The van der Waals surface area contributed by atoms with Gasteiger partial charge in [0.2, 0.25) is 0 Å². The topological polar surface area (TPSA) is 54.5 Å². The lowest BCUT2D eigenvalue weighted by atomic mass is 10.1. The molecule has 4 aromatic carbocycles. The van der Waals surface area contributed by atoms with Crippen molar-refractivity contribution in [2.75, 3.05) is 0 Å². The van der Waals surface area contributed by atoms with Crippen LogP contribution in [0.15, 0.2) is 115 Å². The Kier molecular flexibility index (Phi) is 5.71. The number of nitriles is 1. The number of thiazole rings is 1. The van der Waals surface area contributed by atoms with E-state index in [9.17, 15) is 5.26 Å². The van der Waals surface area contributed by atoms with E-state index in [4.69, 9.17) is 5.10 Å². The molecule has 170 valence electrons. The summed E-state index contributed by atoms with van der Waals surface area (Å²) in [5.41, 5.74) is 7.46. The van der Waals surface area contributed by atoms with Crippen molar-refractivity contribution >= 4 is 33.2 Å². The van der Waals surface area contributed by atoms with Crippen molar-refractivity contribution in [3.05, 3.63) is 126 Å². The fraction of sp³-hybridized carbons (Fsp3) is 0. The zero-order valence-corrected chi connectivity index (χ0v) is 20.1. The Labute approximate surface area is 213 Å². The van der Waals surface area contributed by atoms with Gasteiger partial charge in [-0.1, -0.05) is 84.9 Å². The Bertz CT molecular complexity index is 1690. The zero-order valence-electron chi connectivity index (χ0n) is 19.2. The summed E-state index contributed by atoms with van der Waals surface area (Å²) in [7, 11) is 0. The maximum atomic E-state index is 9.81. The van der Waals surface area contributed by atoms with Gasteiger partial charge in [0.05, 0.1) is 32.9 Å². The standard InChI is InChI=1S/C31H20N4S/c32-21-25(31-33-27-13-7-8-14-30(27)36-31)19-22-15-17-26(18-16-22)35-29(24-11-5-2-6-12-24)20-28(34-35)23-9-3-1-4-10-23/h1-20H/b25-19+. The summed E-state index contributed by atoms with van der Waals surface area (Å²) in [5, 5.41) is 15.5. The number of aromatic nitrogens is 3. The van der Waals surface area contributed by atoms with Crippen LogP contribution in [-0.4, -0.2) is 14.8 Å². The van der Waals surface area contributed by atoms with E-state index in [1.807, 2.05) is 95.7 Å². The van der Waals surface area contributed by atoms with Crippen molar-refractivity contribution in [3.63, 3.8) is 0 Å². The van der Waals surface area contributed by atoms with Crippen LogP contribution in [0, 0.1) is 11.3 Å². The van der Waals surface area contributed by atoms with E-state index in [0.717, 1.165) is 49.0 Å². The maximum absolute atomic E-state index is 9.81. The van der Waals surface area contributed by atoms with E-state index in [1.54, 1.807) is 0 Å². The van der Waals surface area contributed by atoms with Gasteiger partial charge in [-0.3, -0.25) is 0 Å². The molecule has 0 bridgehead atoms. The lowest BCUT2D eigenvalue weighted by Gasteiger charge is -2.08. The third-order valence-corrected chi connectivity index (χ3v) is 7.01. The molecule has 0 saturated carbocycles. The fourth-order valence-electron chi connectivity index (χ4n) is 4.15. The number of nitrogens with zero attached hydrogens (tertiary/aromatic N) is 4. The summed E-state index contributed by atoms with van der Waals surface area (Å²) in [6, 6.07) is 41.0. The Morgan fingerprint density at radius 1 is 0.778 bits per heavy atom. The second-order valence-corrected chi connectivity index (χ2v) is 9.34. The lowest BCUT2D eigenvalue weighted by molar-refractivity contribution is 0.892. The molecule has 0 spiro atoms. The van der Waals surface area contributed by atoms with Crippen LogP contribution in [0.4, 0.5) is 0 Å². The van der Waals surface area contributed by atoms with Crippen molar-refractivity contribution in [2.24, 2.45) is 0 Å². The minimum Gasteiger partial charge on any atom is -0.235 e. The number of hydrogen-bond donors (Lipinski definition) is 0. The van der Waals surface area contributed by atoms with Gasteiger partial charge in [0.1, 0.15) is 11.1 Å². The molecule has 0 saturated heterocycles. The van der Waals surface area contributed by atoms with E-state index in [1.165, 1.54) is 11.3 Å². The first-order valence-corrected chi connectivity index (χ1v) is 12.4. The van der Waals surface area contributed by atoms with Gasteiger partial charge in [-0.15, -0.1) is 11.3 Å². The first-order chi connectivity index (χ1) is 17.8. The third kappa shape index (κ3) is 4.22. The Morgan fingerprint density at radius 3 is 2.14 bits per heavy atom. The smallest absolute Gasteiger partial charge is 0.135 e. The molecule has 4 nitrogen and oxygen atoms in total. The fourth-order valence-corrected chi connectivity index (χ4v) is 5.08. The van der Waals surface area contributed by atoms with Gasteiger partial charge >= 0.3 is 0 Å². The van der Waals surface area contributed by atoms with Crippen molar-refractivity contribution < 1.29 is 0 Å². The van der Waals surface area contributed by atoms with E-state index < -0.39 is 0 Å². The molecule has 2 heterocycles. The predicted molar refractivity (Wildman–Crippen MR) is 148 cm³/mol.